The van der Waals surface area contributed by atoms with Gasteiger partial charge in [-0.25, -0.2) is 9.97 Å². The van der Waals surface area contributed by atoms with Gasteiger partial charge in [-0.15, -0.1) is 0 Å². The Morgan fingerprint density at radius 2 is 1.52 bits per heavy atom. The minimum atomic E-state index is 0.970. The summed E-state index contributed by atoms with van der Waals surface area (Å²) in [6.07, 6.45) is 1.85. The summed E-state index contributed by atoms with van der Waals surface area (Å²) < 4.78 is 2.22. The fourth-order valence-electron chi connectivity index (χ4n) is 4.07. The first-order chi connectivity index (χ1) is 14.4. The molecule has 0 saturated carbocycles. The second-order valence-electron chi connectivity index (χ2n) is 7.17. The van der Waals surface area contributed by atoms with Gasteiger partial charge in [0, 0.05) is 33.6 Å². The standard InChI is InChI=1S/C26H17N3/c1-2-8-20(9-3-1)29-25-15-13-19(17-22(25)21-10-6-16-27-26(21)29)24-14-12-18-7-4-5-11-23(18)28-24/h1-17H. The van der Waals surface area contributed by atoms with Gasteiger partial charge >= 0.3 is 0 Å². The SMILES string of the molecule is c1ccc(-n2c3ccc(-c4ccc5ccccc5n4)cc3c3cccnc32)cc1. The molecule has 0 radical (unpaired) electrons. The molecule has 3 heterocycles. The van der Waals surface area contributed by atoms with Crippen LogP contribution in [-0.2, 0) is 0 Å². The molecule has 0 amide bonds. The first kappa shape index (κ1) is 16.0. The topological polar surface area (TPSA) is 30.7 Å². The van der Waals surface area contributed by atoms with Crippen molar-refractivity contribution >= 4 is 32.8 Å². The molecule has 3 heteroatoms. The molecule has 6 aromatic rings. The normalized spacial score (nSPS) is 11.4. The highest BCUT2D eigenvalue weighted by atomic mass is 15.0. The van der Waals surface area contributed by atoms with Crippen LogP contribution in [-0.4, -0.2) is 14.5 Å². The highest BCUT2D eigenvalue weighted by Crippen LogP contribution is 2.33. The maximum absolute atomic E-state index is 4.87. The molecule has 0 aliphatic carbocycles. The number of benzene rings is 3. The molecule has 0 atom stereocenters. The average molecular weight is 371 g/mol. The van der Waals surface area contributed by atoms with Crippen LogP contribution >= 0.6 is 0 Å². The van der Waals surface area contributed by atoms with E-state index in [-0.39, 0.29) is 0 Å². The fraction of sp³-hybridized carbons (Fsp3) is 0. The number of nitrogens with zero attached hydrogens (tertiary/aromatic N) is 3. The maximum Gasteiger partial charge on any atom is 0.145 e. The lowest BCUT2D eigenvalue weighted by Gasteiger charge is -2.07. The summed E-state index contributed by atoms with van der Waals surface area (Å²) in [6.45, 7) is 0. The van der Waals surface area contributed by atoms with E-state index >= 15 is 0 Å². The van der Waals surface area contributed by atoms with Gasteiger partial charge in [-0.05, 0) is 48.5 Å². The molecule has 0 saturated heterocycles. The van der Waals surface area contributed by atoms with Crippen molar-refractivity contribution in [3.63, 3.8) is 0 Å². The molecule has 29 heavy (non-hydrogen) atoms. The Balaban J connectivity index is 1.63. The summed E-state index contributed by atoms with van der Waals surface area (Å²) in [5, 5.41) is 3.49. The molecule has 3 nitrogen and oxygen atoms in total. The van der Waals surface area contributed by atoms with Gasteiger partial charge < -0.3 is 0 Å². The number of para-hydroxylation sites is 2. The van der Waals surface area contributed by atoms with Gasteiger partial charge in [-0.1, -0.05) is 48.5 Å². The van der Waals surface area contributed by atoms with Crippen LogP contribution in [0.2, 0.25) is 0 Å². The number of rotatable bonds is 2. The molecule has 0 spiro atoms. The highest BCUT2D eigenvalue weighted by molar-refractivity contribution is 6.09. The Labute approximate surface area is 167 Å². The van der Waals surface area contributed by atoms with Gasteiger partial charge in [0.05, 0.1) is 16.7 Å². The molecule has 0 aliphatic rings. The van der Waals surface area contributed by atoms with Crippen molar-refractivity contribution in [2.24, 2.45) is 0 Å². The van der Waals surface area contributed by atoms with Crippen molar-refractivity contribution in [1.29, 1.82) is 0 Å². The summed E-state index contributed by atoms with van der Waals surface area (Å²) >= 11 is 0. The highest BCUT2D eigenvalue weighted by Gasteiger charge is 2.14. The molecule has 0 aliphatic heterocycles. The van der Waals surface area contributed by atoms with E-state index in [2.05, 4.69) is 82.3 Å². The van der Waals surface area contributed by atoms with E-state index in [4.69, 9.17) is 4.98 Å². The molecular formula is C26H17N3. The summed E-state index contributed by atoms with van der Waals surface area (Å²) in [4.78, 5) is 9.56. The first-order valence-corrected chi connectivity index (χ1v) is 9.69. The molecule has 6 rings (SSSR count). The lowest BCUT2D eigenvalue weighted by Crippen LogP contribution is -1.94. The number of aromatic nitrogens is 3. The van der Waals surface area contributed by atoms with Crippen LogP contribution < -0.4 is 0 Å². The Morgan fingerprint density at radius 3 is 2.45 bits per heavy atom. The smallest absolute Gasteiger partial charge is 0.145 e. The van der Waals surface area contributed by atoms with Crippen LogP contribution in [0.15, 0.2) is 103 Å². The third-order valence-electron chi connectivity index (χ3n) is 5.43. The Kier molecular flexibility index (Phi) is 3.47. The molecule has 0 unspecified atom stereocenters. The van der Waals surface area contributed by atoms with E-state index in [0.29, 0.717) is 0 Å². The molecule has 136 valence electrons. The lowest BCUT2D eigenvalue weighted by atomic mass is 10.1. The fourth-order valence-corrected chi connectivity index (χ4v) is 4.07. The van der Waals surface area contributed by atoms with Gasteiger partial charge in [-0.3, -0.25) is 4.57 Å². The zero-order valence-electron chi connectivity index (χ0n) is 15.7. The third-order valence-corrected chi connectivity index (χ3v) is 5.43. The summed E-state index contributed by atoms with van der Waals surface area (Å²) in [5.74, 6) is 0. The van der Waals surface area contributed by atoms with E-state index in [1.807, 2.05) is 30.5 Å². The van der Waals surface area contributed by atoms with Crippen LogP contribution in [0.3, 0.4) is 0 Å². The van der Waals surface area contributed by atoms with E-state index in [0.717, 1.165) is 44.4 Å². The minimum absolute atomic E-state index is 0.970. The Morgan fingerprint density at radius 1 is 0.655 bits per heavy atom. The van der Waals surface area contributed by atoms with Gasteiger partial charge in [0.1, 0.15) is 5.65 Å². The number of fused-ring (bicyclic) bond motifs is 4. The summed E-state index contributed by atoms with van der Waals surface area (Å²) in [5.41, 5.74) is 6.34. The van der Waals surface area contributed by atoms with E-state index in [1.54, 1.807) is 0 Å². The van der Waals surface area contributed by atoms with Gasteiger partial charge in [0.2, 0.25) is 0 Å². The molecule has 0 N–H and O–H groups in total. The van der Waals surface area contributed by atoms with Crippen molar-refractivity contribution in [1.82, 2.24) is 14.5 Å². The van der Waals surface area contributed by atoms with Crippen molar-refractivity contribution in [3.05, 3.63) is 103 Å². The number of hydrogen-bond acceptors (Lipinski definition) is 2. The molecule has 0 bridgehead atoms. The van der Waals surface area contributed by atoms with E-state index in [1.165, 1.54) is 5.39 Å². The predicted molar refractivity (Wildman–Crippen MR) is 119 cm³/mol. The minimum Gasteiger partial charge on any atom is -0.294 e. The number of pyridine rings is 2. The summed E-state index contributed by atoms with van der Waals surface area (Å²) in [7, 11) is 0. The molecule has 3 aromatic carbocycles. The van der Waals surface area contributed by atoms with Crippen LogP contribution in [0.1, 0.15) is 0 Å². The lowest BCUT2D eigenvalue weighted by molar-refractivity contribution is 1.14. The van der Waals surface area contributed by atoms with Crippen LogP contribution in [0, 0.1) is 0 Å². The molecule has 3 aromatic heterocycles. The first-order valence-electron chi connectivity index (χ1n) is 9.69. The van der Waals surface area contributed by atoms with Gasteiger partial charge in [-0.2, -0.15) is 0 Å². The zero-order valence-corrected chi connectivity index (χ0v) is 15.7. The zero-order chi connectivity index (χ0) is 19.2. The molecule has 0 fully saturated rings. The second kappa shape index (κ2) is 6.28. The maximum atomic E-state index is 4.87. The quantitative estimate of drug-likeness (QED) is 0.353. The van der Waals surface area contributed by atoms with Gasteiger partial charge in [0.25, 0.3) is 0 Å². The van der Waals surface area contributed by atoms with Gasteiger partial charge in [0.15, 0.2) is 0 Å². The predicted octanol–water partition coefficient (Wildman–Crippen LogP) is 6.39. The average Bonchev–Trinajstić information content (AvgIpc) is 3.13. The van der Waals surface area contributed by atoms with Crippen molar-refractivity contribution in [2.75, 3.05) is 0 Å². The van der Waals surface area contributed by atoms with Crippen LogP contribution in [0.4, 0.5) is 0 Å². The monoisotopic (exact) mass is 371 g/mol. The Bertz CT molecular complexity index is 1500. The third kappa shape index (κ3) is 2.52. The van der Waals surface area contributed by atoms with Crippen LogP contribution in [0.5, 0.6) is 0 Å². The largest absolute Gasteiger partial charge is 0.294 e. The van der Waals surface area contributed by atoms with Crippen molar-refractivity contribution in [3.8, 4) is 16.9 Å². The Hall–Kier alpha value is -3.98. The summed E-state index contributed by atoms with van der Waals surface area (Å²) in [6, 6.07) is 33.5. The molecular weight excluding hydrogens is 354 g/mol. The van der Waals surface area contributed by atoms with E-state index in [9.17, 15) is 0 Å². The van der Waals surface area contributed by atoms with Crippen molar-refractivity contribution < 1.29 is 0 Å². The van der Waals surface area contributed by atoms with E-state index < -0.39 is 0 Å². The number of hydrogen-bond donors (Lipinski definition) is 0. The van der Waals surface area contributed by atoms with Crippen LogP contribution in [0.25, 0.3) is 49.8 Å². The van der Waals surface area contributed by atoms with Crippen molar-refractivity contribution in [2.45, 2.75) is 0 Å². The second-order valence-corrected chi connectivity index (χ2v) is 7.17.